The monoisotopic (exact) mass is 533 g/mol. The maximum absolute atomic E-state index is 15.7. The molecule has 0 spiro atoms. The highest BCUT2D eigenvalue weighted by Crippen LogP contribution is 2.34. The van der Waals surface area contributed by atoms with Crippen LogP contribution in [0.4, 0.5) is 10.1 Å². The molecule has 39 heavy (non-hydrogen) atoms. The van der Waals surface area contributed by atoms with Gasteiger partial charge in [-0.3, -0.25) is 4.68 Å². The summed E-state index contributed by atoms with van der Waals surface area (Å²) in [5, 5.41) is 14.5. The average Bonchev–Trinajstić information content (AvgIpc) is 3.64. The van der Waals surface area contributed by atoms with Gasteiger partial charge >= 0.3 is 0 Å². The highest BCUT2D eigenvalue weighted by Gasteiger charge is 2.27. The number of morpholine rings is 1. The second kappa shape index (κ2) is 11.0. The van der Waals surface area contributed by atoms with E-state index in [-0.39, 0.29) is 18.5 Å². The van der Waals surface area contributed by atoms with Gasteiger partial charge in [-0.15, -0.1) is 0 Å². The summed E-state index contributed by atoms with van der Waals surface area (Å²) in [5.74, 6) is -0.323. The Morgan fingerprint density at radius 1 is 1.13 bits per heavy atom. The molecule has 1 aromatic carbocycles. The number of likely N-dealkylation sites (tertiary alicyclic amines) is 1. The molecule has 0 radical (unpaired) electrons. The Morgan fingerprint density at radius 3 is 2.74 bits per heavy atom. The normalized spacial score (nSPS) is 19.3. The molecule has 2 aliphatic rings. The van der Waals surface area contributed by atoms with E-state index in [0.717, 1.165) is 54.7 Å². The molecule has 3 aromatic heterocycles. The number of anilines is 1. The number of nitrogens with one attached hydrogen (secondary N) is 1. The number of aryl methyl sites for hydroxylation is 1. The summed E-state index contributed by atoms with van der Waals surface area (Å²) in [6, 6.07) is 3.66. The van der Waals surface area contributed by atoms with E-state index < -0.39 is 0 Å². The molecule has 2 aliphatic heterocycles. The maximum Gasteiger partial charge on any atom is 0.156 e. The summed E-state index contributed by atoms with van der Waals surface area (Å²) in [6.07, 6.45) is 10.4. The van der Waals surface area contributed by atoms with Crippen LogP contribution in [0, 0.1) is 5.82 Å². The molecule has 6 rings (SSSR count). The van der Waals surface area contributed by atoms with Gasteiger partial charge in [0.15, 0.2) is 5.65 Å². The van der Waals surface area contributed by atoms with Crippen molar-refractivity contribution in [3.63, 3.8) is 0 Å². The Balaban J connectivity index is 1.32. The fraction of sp³-hybridized carbons (Fsp3) is 0.483. The third-order valence-electron chi connectivity index (χ3n) is 8.22. The molecule has 4 aromatic rings. The number of ether oxygens (including phenoxy) is 1. The molecule has 0 aliphatic carbocycles. The first-order valence-corrected chi connectivity index (χ1v) is 14.0. The molecular weight excluding hydrogens is 497 g/mol. The van der Waals surface area contributed by atoms with Crippen LogP contribution in [0.25, 0.3) is 33.5 Å². The number of aromatic amines is 1. The Hall–Kier alpha value is -3.34. The van der Waals surface area contributed by atoms with E-state index in [1.54, 1.807) is 6.20 Å². The fourth-order valence-corrected chi connectivity index (χ4v) is 5.92. The number of nitrogens with zero attached hydrogens (tertiary/aromatic N) is 6. The quantitative estimate of drug-likeness (QED) is 0.370. The summed E-state index contributed by atoms with van der Waals surface area (Å²) < 4.78 is 23.3. The molecule has 1 atom stereocenters. The van der Waals surface area contributed by atoms with E-state index in [0.29, 0.717) is 54.8 Å². The minimum Gasteiger partial charge on any atom is -0.394 e. The van der Waals surface area contributed by atoms with Gasteiger partial charge in [0.25, 0.3) is 0 Å². The number of rotatable bonds is 7. The first-order valence-electron chi connectivity index (χ1n) is 14.0. The third-order valence-corrected chi connectivity index (χ3v) is 8.22. The molecule has 5 heterocycles. The van der Waals surface area contributed by atoms with Crippen LogP contribution < -0.4 is 4.90 Å². The highest BCUT2D eigenvalue weighted by atomic mass is 19.1. The zero-order valence-corrected chi connectivity index (χ0v) is 22.6. The van der Waals surface area contributed by atoms with Crippen LogP contribution in [-0.2, 0) is 11.2 Å². The fourth-order valence-electron chi connectivity index (χ4n) is 5.92. The lowest BCUT2D eigenvalue weighted by Gasteiger charge is -2.37. The van der Waals surface area contributed by atoms with Gasteiger partial charge in [-0.05, 0) is 43.5 Å². The highest BCUT2D eigenvalue weighted by molar-refractivity contribution is 5.91. The van der Waals surface area contributed by atoms with Gasteiger partial charge in [-0.1, -0.05) is 13.8 Å². The number of halogens is 1. The van der Waals surface area contributed by atoms with Crippen molar-refractivity contribution in [2.75, 3.05) is 50.9 Å². The van der Waals surface area contributed by atoms with Crippen molar-refractivity contribution in [1.82, 2.24) is 29.6 Å². The molecule has 2 saturated heterocycles. The van der Waals surface area contributed by atoms with Gasteiger partial charge in [-0.2, -0.15) is 5.10 Å². The zero-order chi connectivity index (χ0) is 26.9. The van der Waals surface area contributed by atoms with Crippen LogP contribution in [0.3, 0.4) is 0 Å². The van der Waals surface area contributed by atoms with E-state index in [4.69, 9.17) is 14.8 Å². The van der Waals surface area contributed by atoms with Crippen LogP contribution >= 0.6 is 0 Å². The summed E-state index contributed by atoms with van der Waals surface area (Å²) in [5.41, 5.74) is 6.06. The van der Waals surface area contributed by atoms with Crippen LogP contribution in [0.1, 0.15) is 38.3 Å². The van der Waals surface area contributed by atoms with Gasteiger partial charge < -0.3 is 24.6 Å². The Bertz CT molecular complexity index is 1440. The van der Waals surface area contributed by atoms with E-state index in [1.165, 1.54) is 6.07 Å². The largest absolute Gasteiger partial charge is 0.394 e. The van der Waals surface area contributed by atoms with Crippen molar-refractivity contribution in [3.05, 3.63) is 48.3 Å². The lowest BCUT2D eigenvalue weighted by atomic mass is 10.0. The number of benzene rings is 1. The smallest absolute Gasteiger partial charge is 0.156 e. The Kier molecular flexibility index (Phi) is 7.33. The predicted molar refractivity (Wildman–Crippen MR) is 149 cm³/mol. The van der Waals surface area contributed by atoms with Crippen LogP contribution in [-0.4, -0.2) is 86.8 Å². The van der Waals surface area contributed by atoms with E-state index >= 15 is 4.39 Å². The summed E-state index contributed by atoms with van der Waals surface area (Å²) >= 11 is 0. The minimum atomic E-state index is -0.323. The van der Waals surface area contributed by atoms with Gasteiger partial charge in [0.05, 0.1) is 55.7 Å². The van der Waals surface area contributed by atoms with Crippen LogP contribution in [0.5, 0.6) is 0 Å². The second-order valence-corrected chi connectivity index (χ2v) is 10.5. The van der Waals surface area contributed by atoms with Gasteiger partial charge in [0.1, 0.15) is 11.3 Å². The molecule has 2 fully saturated rings. The first kappa shape index (κ1) is 25.9. The maximum atomic E-state index is 15.7. The molecular formula is C29H36FN7O2. The third kappa shape index (κ3) is 4.92. The van der Waals surface area contributed by atoms with E-state index in [9.17, 15) is 5.11 Å². The van der Waals surface area contributed by atoms with Crippen molar-refractivity contribution in [3.8, 4) is 22.4 Å². The molecule has 10 heteroatoms. The lowest BCUT2D eigenvalue weighted by molar-refractivity contribution is 0.0723. The van der Waals surface area contributed by atoms with Crippen molar-refractivity contribution in [2.24, 2.45) is 0 Å². The van der Waals surface area contributed by atoms with Gasteiger partial charge in [0.2, 0.25) is 0 Å². The number of aliphatic hydroxyl groups excluding tert-OH is 1. The standard InChI is InChI=1S/C29H36FN7O2/c1-3-19-11-20(12-25(30)28(19)36-9-10-39-18-23(36)17-38)26-15-32-29-27(34-26)24(14-31-29)21-13-33-37(16-21)22-5-7-35(4-2)8-6-22/h11-16,22-23,38H,3-10,17-18H2,1-2H3,(H,31,32). The predicted octanol–water partition coefficient (Wildman–Crippen LogP) is 4.04. The van der Waals surface area contributed by atoms with Crippen LogP contribution in [0.15, 0.2) is 36.9 Å². The summed E-state index contributed by atoms with van der Waals surface area (Å²) in [7, 11) is 0. The molecule has 0 amide bonds. The van der Waals surface area contributed by atoms with Crippen molar-refractivity contribution < 1.29 is 14.2 Å². The first-order chi connectivity index (χ1) is 19.1. The molecule has 2 N–H and O–H groups in total. The van der Waals surface area contributed by atoms with Crippen molar-refractivity contribution in [1.29, 1.82) is 0 Å². The van der Waals surface area contributed by atoms with Gasteiger partial charge in [-0.25, -0.2) is 14.4 Å². The zero-order valence-electron chi connectivity index (χ0n) is 22.6. The number of hydrogen-bond donors (Lipinski definition) is 2. The van der Waals surface area contributed by atoms with Crippen molar-refractivity contribution in [2.45, 2.75) is 45.2 Å². The van der Waals surface area contributed by atoms with E-state index in [2.05, 4.69) is 32.7 Å². The Morgan fingerprint density at radius 2 is 1.97 bits per heavy atom. The van der Waals surface area contributed by atoms with Gasteiger partial charge in [0, 0.05) is 48.7 Å². The minimum absolute atomic E-state index is 0.0860. The number of piperidine rings is 1. The number of aliphatic hydroxyl groups is 1. The summed E-state index contributed by atoms with van der Waals surface area (Å²) in [6.45, 7) is 8.85. The molecule has 0 saturated carbocycles. The lowest BCUT2D eigenvalue weighted by Crippen LogP contribution is -2.48. The number of fused-ring (bicyclic) bond motifs is 1. The number of aromatic nitrogens is 5. The van der Waals surface area contributed by atoms with Crippen molar-refractivity contribution >= 4 is 16.9 Å². The molecule has 1 unspecified atom stereocenters. The molecule has 0 bridgehead atoms. The van der Waals surface area contributed by atoms with E-state index in [1.807, 2.05) is 30.3 Å². The molecule has 206 valence electrons. The Labute approximate surface area is 227 Å². The molecule has 9 nitrogen and oxygen atoms in total. The average molecular weight is 534 g/mol. The SMILES string of the molecule is CCc1cc(-c2cnc3[nH]cc(-c4cnn(C5CCN(CC)CC5)c4)c3n2)cc(F)c1N1CCOCC1CO. The summed E-state index contributed by atoms with van der Waals surface area (Å²) in [4.78, 5) is 17.2. The number of hydrogen-bond acceptors (Lipinski definition) is 7. The van der Waals surface area contributed by atoms with Crippen LogP contribution in [0.2, 0.25) is 0 Å². The topological polar surface area (TPSA) is 95.3 Å². The second-order valence-electron chi connectivity index (χ2n) is 10.5. The number of H-pyrrole nitrogens is 1.